The number of ketones is 1. The zero-order chi connectivity index (χ0) is 39.5. The molecule has 0 spiro atoms. The SMILES string of the molecule is O=C(Cc1cccnc1)N[C@@H](C(=O)N1CCC[C@H]1c1ncc(-c2ccc(-c3ccc(-c4c[nH]c([C@]5(C(=O)[C@H]6CCCO6)CCCN5)n4)cc3)cc2)[nH]1)c1ccccc1. The van der Waals surface area contributed by atoms with Gasteiger partial charge in [-0.2, -0.15) is 0 Å². The van der Waals surface area contributed by atoms with Crippen molar-refractivity contribution in [3.8, 4) is 33.6 Å². The summed E-state index contributed by atoms with van der Waals surface area (Å²) in [6, 6.07) is 28.6. The second kappa shape index (κ2) is 16.3. The molecule has 4 atom stereocenters. The van der Waals surface area contributed by atoms with Gasteiger partial charge in [0.15, 0.2) is 5.78 Å². The fourth-order valence-electron chi connectivity index (χ4n) is 8.66. The number of H-pyrrole nitrogens is 2. The number of Topliss-reactive ketones (excluding diaryl/α,β-unsaturated/α-hetero) is 1. The van der Waals surface area contributed by atoms with Crippen molar-refractivity contribution >= 4 is 17.6 Å². The van der Waals surface area contributed by atoms with Crippen molar-refractivity contribution in [3.63, 3.8) is 0 Å². The van der Waals surface area contributed by atoms with E-state index in [1.54, 1.807) is 18.5 Å². The van der Waals surface area contributed by atoms with Gasteiger partial charge in [-0.15, -0.1) is 0 Å². The topological polar surface area (TPSA) is 158 Å². The van der Waals surface area contributed by atoms with E-state index in [4.69, 9.17) is 14.7 Å². The van der Waals surface area contributed by atoms with Crippen molar-refractivity contribution in [2.45, 2.75) is 68.7 Å². The van der Waals surface area contributed by atoms with Crippen LogP contribution in [0.2, 0.25) is 0 Å². The monoisotopic (exact) mass is 774 g/mol. The summed E-state index contributed by atoms with van der Waals surface area (Å²) in [6.07, 6.45) is 11.7. The van der Waals surface area contributed by atoms with Gasteiger partial charge in [-0.3, -0.25) is 24.7 Å². The van der Waals surface area contributed by atoms with Gasteiger partial charge in [0.1, 0.15) is 29.3 Å². The Hall–Kier alpha value is -6.24. The number of carbonyl (C=O) groups excluding carboxylic acids is 3. The van der Waals surface area contributed by atoms with Gasteiger partial charge in [-0.05, 0) is 79.0 Å². The average Bonchev–Trinajstić information content (AvgIpc) is 4.13. The Morgan fingerprint density at radius 1 is 0.862 bits per heavy atom. The summed E-state index contributed by atoms with van der Waals surface area (Å²) >= 11 is 0. The molecule has 12 heteroatoms. The maximum atomic E-state index is 14.2. The number of hydrogen-bond acceptors (Lipinski definition) is 8. The maximum absolute atomic E-state index is 14.2. The van der Waals surface area contributed by atoms with Crippen LogP contribution in [0.25, 0.3) is 33.6 Å². The number of hydrogen-bond donors (Lipinski definition) is 4. The molecule has 3 saturated heterocycles. The minimum atomic E-state index is -0.829. The van der Waals surface area contributed by atoms with Gasteiger partial charge in [0.25, 0.3) is 0 Å². The third-order valence-corrected chi connectivity index (χ3v) is 11.7. The largest absolute Gasteiger partial charge is 0.370 e. The molecule has 0 bridgehead atoms. The quantitative estimate of drug-likeness (QED) is 0.108. The Bertz CT molecular complexity index is 2360. The number of imidazole rings is 2. The van der Waals surface area contributed by atoms with E-state index in [-0.39, 0.29) is 36.2 Å². The predicted octanol–water partition coefficient (Wildman–Crippen LogP) is 6.62. The van der Waals surface area contributed by atoms with Crippen LogP contribution in [-0.2, 0) is 31.1 Å². The molecule has 3 aliphatic heterocycles. The first-order valence-corrected chi connectivity index (χ1v) is 20.2. The second-order valence-electron chi connectivity index (χ2n) is 15.4. The van der Waals surface area contributed by atoms with E-state index in [9.17, 15) is 14.4 Å². The number of rotatable bonds is 12. The maximum Gasteiger partial charge on any atom is 0.250 e. The molecule has 3 aromatic carbocycles. The van der Waals surface area contributed by atoms with Gasteiger partial charge in [0, 0.05) is 37.3 Å². The van der Waals surface area contributed by atoms with E-state index in [0.29, 0.717) is 25.4 Å². The number of nitrogens with zero attached hydrogens (tertiary/aromatic N) is 4. The number of carbonyl (C=O) groups is 3. The number of ether oxygens (including phenoxy) is 1. The number of pyridine rings is 1. The fourth-order valence-corrected chi connectivity index (χ4v) is 8.66. The molecule has 4 N–H and O–H groups in total. The highest BCUT2D eigenvalue weighted by molar-refractivity contribution is 5.93. The zero-order valence-electron chi connectivity index (χ0n) is 32.2. The van der Waals surface area contributed by atoms with Crippen LogP contribution in [0.1, 0.15) is 73.4 Å². The first-order chi connectivity index (χ1) is 28.4. The van der Waals surface area contributed by atoms with E-state index in [1.807, 2.05) is 53.7 Å². The highest BCUT2D eigenvalue weighted by Crippen LogP contribution is 2.37. The van der Waals surface area contributed by atoms with Crippen molar-refractivity contribution in [1.82, 2.24) is 40.5 Å². The average molecular weight is 775 g/mol. The summed E-state index contributed by atoms with van der Waals surface area (Å²) in [7, 11) is 0. The molecule has 12 nitrogen and oxygen atoms in total. The molecule has 3 fully saturated rings. The first kappa shape index (κ1) is 37.3. The van der Waals surface area contributed by atoms with Crippen LogP contribution in [0, 0.1) is 0 Å². The third-order valence-electron chi connectivity index (χ3n) is 11.7. The first-order valence-electron chi connectivity index (χ1n) is 20.2. The number of amides is 2. The zero-order valence-corrected chi connectivity index (χ0v) is 32.2. The molecule has 6 aromatic rings. The molecular formula is C46H46N8O4. The van der Waals surface area contributed by atoms with E-state index >= 15 is 0 Å². The van der Waals surface area contributed by atoms with E-state index in [0.717, 1.165) is 89.2 Å². The van der Waals surface area contributed by atoms with Gasteiger partial charge < -0.3 is 24.9 Å². The molecule has 0 aliphatic carbocycles. The van der Waals surface area contributed by atoms with Crippen LogP contribution in [0.15, 0.2) is 116 Å². The fraction of sp³-hybridized carbons (Fsp3) is 0.304. The van der Waals surface area contributed by atoms with Crippen LogP contribution in [0.4, 0.5) is 0 Å². The van der Waals surface area contributed by atoms with Crippen molar-refractivity contribution in [3.05, 3.63) is 139 Å². The van der Waals surface area contributed by atoms with Crippen LogP contribution in [0.5, 0.6) is 0 Å². The van der Waals surface area contributed by atoms with E-state index in [1.165, 1.54) is 0 Å². The molecule has 3 aliphatic rings. The molecule has 0 radical (unpaired) electrons. The lowest BCUT2D eigenvalue weighted by Gasteiger charge is -2.28. The van der Waals surface area contributed by atoms with Gasteiger partial charge in [0.05, 0.1) is 30.0 Å². The van der Waals surface area contributed by atoms with Gasteiger partial charge >= 0.3 is 0 Å². The summed E-state index contributed by atoms with van der Waals surface area (Å²) in [4.78, 5) is 63.5. The Morgan fingerprint density at radius 3 is 2.34 bits per heavy atom. The van der Waals surface area contributed by atoms with Crippen LogP contribution in [0.3, 0.4) is 0 Å². The van der Waals surface area contributed by atoms with Crippen molar-refractivity contribution in [1.29, 1.82) is 0 Å². The van der Waals surface area contributed by atoms with Gasteiger partial charge in [0.2, 0.25) is 11.8 Å². The predicted molar refractivity (Wildman–Crippen MR) is 219 cm³/mol. The molecule has 0 unspecified atom stereocenters. The second-order valence-corrected chi connectivity index (χ2v) is 15.4. The number of benzene rings is 3. The third kappa shape index (κ3) is 7.48. The molecule has 9 rings (SSSR count). The number of aromatic nitrogens is 5. The summed E-state index contributed by atoms with van der Waals surface area (Å²) in [5, 5.41) is 6.46. The Morgan fingerprint density at radius 2 is 1.64 bits per heavy atom. The summed E-state index contributed by atoms with van der Waals surface area (Å²) in [6.45, 7) is 1.98. The number of nitrogens with one attached hydrogen (secondary N) is 4. The van der Waals surface area contributed by atoms with Gasteiger partial charge in [-0.25, -0.2) is 9.97 Å². The summed E-state index contributed by atoms with van der Waals surface area (Å²) < 4.78 is 5.77. The minimum Gasteiger partial charge on any atom is -0.370 e. The van der Waals surface area contributed by atoms with Crippen LogP contribution in [-0.4, -0.2) is 73.2 Å². The van der Waals surface area contributed by atoms with Crippen molar-refractivity contribution in [2.24, 2.45) is 0 Å². The Balaban J connectivity index is 0.872. The van der Waals surface area contributed by atoms with Gasteiger partial charge in [-0.1, -0.05) is 84.9 Å². The number of likely N-dealkylation sites (tertiary alicyclic amines) is 1. The molecule has 3 aromatic heterocycles. The van der Waals surface area contributed by atoms with E-state index < -0.39 is 11.6 Å². The summed E-state index contributed by atoms with van der Waals surface area (Å²) in [5.41, 5.74) is 6.43. The Kier molecular flexibility index (Phi) is 10.5. The highest BCUT2D eigenvalue weighted by Gasteiger charge is 2.48. The molecule has 2 amide bonds. The minimum absolute atomic E-state index is 0.0801. The smallest absolute Gasteiger partial charge is 0.250 e. The highest BCUT2D eigenvalue weighted by atomic mass is 16.5. The standard InChI is InChI=1S/C46H46N8O4/c55-40(26-30-8-4-22-47-27-30)53-41(35-9-2-1-3-10-35)44(57)54-24-5-11-38(54)43-48-28-36(51-43)33-17-13-31(14-18-33)32-15-19-34(20-16-32)37-29-49-45(52-37)46(21-7-23-50-46)42(56)39-12-6-25-58-39/h1-4,8-10,13-20,22,27-29,38-39,41,50H,5-7,11-12,21,23-26H2,(H,48,51)(H,49,52)(H,53,55)/t38-,39+,41+,46+/m0/s1. The number of aromatic amines is 2. The van der Waals surface area contributed by atoms with Crippen LogP contribution >= 0.6 is 0 Å². The normalized spacial score (nSPS) is 20.9. The van der Waals surface area contributed by atoms with Crippen molar-refractivity contribution < 1.29 is 19.1 Å². The Labute approximate surface area is 336 Å². The molecular weight excluding hydrogens is 729 g/mol. The molecule has 0 saturated carbocycles. The van der Waals surface area contributed by atoms with E-state index in [2.05, 4.69) is 74.1 Å². The lowest BCUT2D eigenvalue weighted by Crippen LogP contribution is -2.50. The molecule has 294 valence electrons. The lowest BCUT2D eigenvalue weighted by molar-refractivity contribution is -0.137. The summed E-state index contributed by atoms with van der Waals surface area (Å²) in [5.74, 6) is 1.06. The molecule has 58 heavy (non-hydrogen) atoms. The molecule has 6 heterocycles. The van der Waals surface area contributed by atoms with Crippen LogP contribution < -0.4 is 10.6 Å². The lowest BCUT2D eigenvalue weighted by atomic mass is 9.87. The van der Waals surface area contributed by atoms with Crippen molar-refractivity contribution in [2.75, 3.05) is 19.7 Å².